The normalized spacial score (nSPS) is 10.3. The lowest BCUT2D eigenvalue weighted by molar-refractivity contribution is 0.408. The van der Waals surface area contributed by atoms with Gasteiger partial charge in [0.2, 0.25) is 0 Å². The van der Waals surface area contributed by atoms with Crippen molar-refractivity contribution in [1.29, 1.82) is 0 Å². The summed E-state index contributed by atoms with van der Waals surface area (Å²) in [5.74, 6) is 0.961. The lowest BCUT2D eigenvalue weighted by Gasteiger charge is -2.13. The number of rotatable bonds is 4. The highest BCUT2D eigenvalue weighted by molar-refractivity contribution is 5.65. The molecule has 0 spiro atoms. The van der Waals surface area contributed by atoms with E-state index in [4.69, 9.17) is 10.5 Å². The zero-order chi connectivity index (χ0) is 13.8. The van der Waals surface area contributed by atoms with Crippen molar-refractivity contribution in [2.45, 2.75) is 20.4 Å². The summed E-state index contributed by atoms with van der Waals surface area (Å²) in [7, 11) is 1.71. The zero-order valence-electron chi connectivity index (χ0n) is 11.7. The fraction of sp³-hybridized carbons (Fsp3) is 0.250. The summed E-state index contributed by atoms with van der Waals surface area (Å²) >= 11 is 0. The highest BCUT2D eigenvalue weighted by Crippen LogP contribution is 2.25. The molecular formula is C16H20N2O. The van der Waals surface area contributed by atoms with Gasteiger partial charge in [-0.2, -0.15) is 0 Å². The molecule has 2 aromatic rings. The van der Waals surface area contributed by atoms with Crippen LogP contribution in [0.15, 0.2) is 36.4 Å². The van der Waals surface area contributed by atoms with Gasteiger partial charge in [0.15, 0.2) is 0 Å². The van der Waals surface area contributed by atoms with E-state index in [9.17, 15) is 0 Å². The Morgan fingerprint density at radius 2 is 1.74 bits per heavy atom. The van der Waals surface area contributed by atoms with Crippen molar-refractivity contribution in [3.05, 3.63) is 53.1 Å². The summed E-state index contributed by atoms with van der Waals surface area (Å²) in [6.45, 7) is 4.87. The monoisotopic (exact) mass is 256 g/mol. The summed E-state index contributed by atoms with van der Waals surface area (Å²) in [6.07, 6.45) is 0. The van der Waals surface area contributed by atoms with Crippen molar-refractivity contribution in [2.24, 2.45) is 0 Å². The van der Waals surface area contributed by atoms with Gasteiger partial charge in [-0.25, -0.2) is 0 Å². The molecule has 19 heavy (non-hydrogen) atoms. The second-order valence-electron chi connectivity index (χ2n) is 4.70. The number of methoxy groups -OCH3 is 1. The van der Waals surface area contributed by atoms with Crippen LogP contribution in [-0.4, -0.2) is 7.11 Å². The van der Waals surface area contributed by atoms with Crippen molar-refractivity contribution in [3.63, 3.8) is 0 Å². The minimum absolute atomic E-state index is 0.750. The summed E-state index contributed by atoms with van der Waals surface area (Å²) in [6, 6.07) is 12.1. The molecule has 0 aromatic heterocycles. The van der Waals surface area contributed by atoms with Gasteiger partial charge in [-0.3, -0.25) is 0 Å². The molecule has 0 fully saturated rings. The van der Waals surface area contributed by atoms with Gasteiger partial charge in [0, 0.05) is 6.54 Å². The molecule has 0 saturated carbocycles. The third kappa shape index (κ3) is 2.99. The second-order valence-corrected chi connectivity index (χ2v) is 4.70. The number of para-hydroxylation sites is 2. The van der Waals surface area contributed by atoms with Crippen molar-refractivity contribution in [2.75, 3.05) is 18.2 Å². The van der Waals surface area contributed by atoms with Gasteiger partial charge >= 0.3 is 0 Å². The Bertz CT molecular complexity index is 556. The number of hydrogen-bond acceptors (Lipinski definition) is 3. The quantitative estimate of drug-likeness (QED) is 0.823. The highest BCUT2D eigenvalue weighted by Gasteiger charge is 2.05. The number of ether oxygens (including phenoxy) is 1. The molecule has 0 amide bonds. The van der Waals surface area contributed by atoms with Crippen LogP contribution < -0.4 is 15.8 Å². The van der Waals surface area contributed by atoms with Gasteiger partial charge in [0.1, 0.15) is 5.75 Å². The second kappa shape index (κ2) is 5.65. The van der Waals surface area contributed by atoms with Crippen LogP contribution in [0.2, 0.25) is 0 Å². The van der Waals surface area contributed by atoms with Crippen molar-refractivity contribution in [1.82, 2.24) is 0 Å². The van der Waals surface area contributed by atoms with Crippen LogP contribution in [0.4, 0.5) is 11.4 Å². The molecule has 0 aliphatic carbocycles. The van der Waals surface area contributed by atoms with Gasteiger partial charge in [0.05, 0.1) is 18.5 Å². The smallest absolute Gasteiger partial charge is 0.124 e. The van der Waals surface area contributed by atoms with Crippen LogP contribution in [0.25, 0.3) is 0 Å². The average Bonchev–Trinajstić information content (AvgIpc) is 2.37. The molecule has 0 heterocycles. The van der Waals surface area contributed by atoms with E-state index in [-0.39, 0.29) is 0 Å². The Hall–Kier alpha value is -2.16. The van der Waals surface area contributed by atoms with Crippen LogP contribution in [0.3, 0.4) is 0 Å². The lowest BCUT2D eigenvalue weighted by Crippen LogP contribution is -2.03. The molecule has 3 heteroatoms. The first kappa shape index (κ1) is 13.3. The van der Waals surface area contributed by atoms with E-state index >= 15 is 0 Å². The fourth-order valence-electron chi connectivity index (χ4n) is 2.32. The third-order valence-corrected chi connectivity index (χ3v) is 3.17. The molecule has 0 aliphatic heterocycles. The summed E-state index contributed by atoms with van der Waals surface area (Å²) < 4.78 is 5.37. The summed E-state index contributed by atoms with van der Waals surface area (Å²) in [5.41, 5.74) is 11.2. The number of nitrogens with one attached hydrogen (secondary N) is 1. The van der Waals surface area contributed by atoms with Gasteiger partial charge < -0.3 is 15.8 Å². The van der Waals surface area contributed by atoms with E-state index in [1.165, 1.54) is 5.56 Å². The summed E-state index contributed by atoms with van der Waals surface area (Å²) in [5, 5.41) is 3.36. The maximum absolute atomic E-state index is 5.91. The SMILES string of the molecule is COc1c(C)cc(CNc2ccccc2N)cc1C. The number of hydrogen-bond donors (Lipinski definition) is 2. The predicted molar refractivity (Wildman–Crippen MR) is 80.6 cm³/mol. The molecule has 2 aromatic carbocycles. The third-order valence-electron chi connectivity index (χ3n) is 3.17. The number of aryl methyl sites for hydroxylation is 2. The van der Waals surface area contributed by atoms with E-state index in [1.807, 2.05) is 24.3 Å². The summed E-state index contributed by atoms with van der Waals surface area (Å²) in [4.78, 5) is 0. The van der Waals surface area contributed by atoms with Crippen molar-refractivity contribution < 1.29 is 4.74 Å². The average molecular weight is 256 g/mol. The Morgan fingerprint density at radius 3 is 2.32 bits per heavy atom. The first-order valence-electron chi connectivity index (χ1n) is 6.34. The Morgan fingerprint density at radius 1 is 1.11 bits per heavy atom. The molecule has 0 atom stereocenters. The van der Waals surface area contributed by atoms with Crippen LogP contribution in [-0.2, 0) is 6.54 Å². The highest BCUT2D eigenvalue weighted by atomic mass is 16.5. The zero-order valence-corrected chi connectivity index (χ0v) is 11.7. The van der Waals surface area contributed by atoms with Gasteiger partial charge in [0.25, 0.3) is 0 Å². The van der Waals surface area contributed by atoms with E-state index in [0.29, 0.717) is 0 Å². The van der Waals surface area contributed by atoms with Crippen LogP contribution in [0.1, 0.15) is 16.7 Å². The topological polar surface area (TPSA) is 47.3 Å². The molecule has 2 rings (SSSR count). The Balaban J connectivity index is 2.15. The van der Waals surface area contributed by atoms with Crippen molar-refractivity contribution in [3.8, 4) is 5.75 Å². The maximum atomic E-state index is 5.91. The molecule has 100 valence electrons. The molecular weight excluding hydrogens is 236 g/mol. The van der Waals surface area contributed by atoms with Crippen LogP contribution in [0, 0.1) is 13.8 Å². The predicted octanol–water partition coefficient (Wildman–Crippen LogP) is 3.51. The van der Waals surface area contributed by atoms with Gasteiger partial charge in [-0.1, -0.05) is 24.3 Å². The molecule has 3 nitrogen and oxygen atoms in total. The van der Waals surface area contributed by atoms with E-state index in [0.717, 1.165) is 34.8 Å². The van der Waals surface area contributed by atoms with Crippen LogP contribution >= 0.6 is 0 Å². The fourth-order valence-corrected chi connectivity index (χ4v) is 2.32. The van der Waals surface area contributed by atoms with Crippen LogP contribution in [0.5, 0.6) is 5.75 Å². The number of anilines is 2. The number of nitrogens with two attached hydrogens (primary N) is 1. The lowest BCUT2D eigenvalue weighted by atomic mass is 10.1. The minimum atomic E-state index is 0.750. The Labute approximate surface area is 114 Å². The molecule has 0 bridgehead atoms. The first-order valence-corrected chi connectivity index (χ1v) is 6.34. The van der Waals surface area contributed by atoms with E-state index < -0.39 is 0 Å². The molecule has 0 unspecified atom stereocenters. The van der Waals surface area contributed by atoms with E-state index in [1.54, 1.807) is 7.11 Å². The standard InChI is InChI=1S/C16H20N2O/c1-11-8-13(9-12(2)16(11)19-3)10-18-15-7-5-4-6-14(15)17/h4-9,18H,10,17H2,1-3H3. The molecule has 0 radical (unpaired) electrons. The van der Waals surface area contributed by atoms with Gasteiger partial charge in [-0.05, 0) is 42.7 Å². The van der Waals surface area contributed by atoms with Gasteiger partial charge in [-0.15, -0.1) is 0 Å². The van der Waals surface area contributed by atoms with E-state index in [2.05, 4.69) is 31.3 Å². The maximum Gasteiger partial charge on any atom is 0.124 e. The van der Waals surface area contributed by atoms with Crippen molar-refractivity contribution >= 4 is 11.4 Å². The number of benzene rings is 2. The molecule has 0 saturated heterocycles. The molecule has 0 aliphatic rings. The largest absolute Gasteiger partial charge is 0.496 e. The Kier molecular flexibility index (Phi) is 3.95. The number of nitrogen functional groups attached to an aromatic ring is 1. The minimum Gasteiger partial charge on any atom is -0.496 e. The molecule has 3 N–H and O–H groups in total. The first-order chi connectivity index (χ1) is 9.11.